The molecule has 0 aliphatic heterocycles. The molecular weight excluding hydrogens is 292 g/mol. The summed E-state index contributed by atoms with van der Waals surface area (Å²) in [5.41, 5.74) is 5.85. The molecule has 112 valence electrons. The minimum atomic E-state index is -0.0875. The lowest BCUT2D eigenvalue weighted by atomic mass is 10.2. The molecule has 0 saturated heterocycles. The predicted molar refractivity (Wildman–Crippen MR) is 87.7 cm³/mol. The minimum absolute atomic E-state index is 0.0875. The summed E-state index contributed by atoms with van der Waals surface area (Å²) in [6.07, 6.45) is 6.52. The average molecular weight is 314 g/mol. The maximum atomic E-state index is 12.3. The third kappa shape index (κ3) is 3.58. The largest absolute Gasteiger partial charge is 0.382 e. The number of carbonyl (C=O) groups excluding carboxylic acids is 1. The number of rotatable bonds is 6. The average Bonchev–Trinajstić information content (AvgIpc) is 3.02. The zero-order valence-corrected chi connectivity index (χ0v) is 13.6. The highest BCUT2D eigenvalue weighted by Crippen LogP contribution is 2.30. The number of hydrogen-bond acceptors (Lipinski definition) is 6. The Morgan fingerprint density at radius 1 is 1.55 bits per heavy atom. The van der Waals surface area contributed by atoms with Gasteiger partial charge >= 0.3 is 0 Å². The van der Waals surface area contributed by atoms with Gasteiger partial charge in [0.1, 0.15) is 10.7 Å². The Balaban J connectivity index is 1.99. The smallest absolute Gasteiger partial charge is 0.265 e. The number of hydrogen-bond donors (Lipinski definition) is 3. The Hall–Kier alpha value is -0.950. The van der Waals surface area contributed by atoms with Crippen LogP contribution in [0.1, 0.15) is 42.3 Å². The SMILES string of the molecule is CCCNc1nc(N)c(C(=O)NC2CCCC2SC)s1. The highest BCUT2D eigenvalue weighted by Gasteiger charge is 2.29. The van der Waals surface area contributed by atoms with E-state index < -0.39 is 0 Å². The van der Waals surface area contributed by atoms with Gasteiger partial charge in [-0.25, -0.2) is 4.98 Å². The molecule has 0 spiro atoms. The number of nitrogens with one attached hydrogen (secondary N) is 2. The molecule has 1 aromatic heterocycles. The zero-order valence-electron chi connectivity index (χ0n) is 11.9. The van der Waals surface area contributed by atoms with Gasteiger partial charge in [-0.2, -0.15) is 11.8 Å². The van der Waals surface area contributed by atoms with Crippen LogP contribution in [0.15, 0.2) is 0 Å². The molecule has 2 atom stereocenters. The lowest BCUT2D eigenvalue weighted by Gasteiger charge is -2.18. The summed E-state index contributed by atoms with van der Waals surface area (Å²) in [7, 11) is 0. The first kappa shape index (κ1) is 15.4. The van der Waals surface area contributed by atoms with Crippen molar-refractivity contribution in [2.75, 3.05) is 23.9 Å². The van der Waals surface area contributed by atoms with E-state index in [1.54, 1.807) is 0 Å². The van der Waals surface area contributed by atoms with Crippen molar-refractivity contribution in [3.63, 3.8) is 0 Å². The second-order valence-electron chi connectivity index (χ2n) is 4.95. The first-order valence-electron chi connectivity index (χ1n) is 6.99. The van der Waals surface area contributed by atoms with Crippen molar-refractivity contribution >= 4 is 40.0 Å². The van der Waals surface area contributed by atoms with Gasteiger partial charge in [0.15, 0.2) is 5.13 Å². The van der Waals surface area contributed by atoms with Crippen molar-refractivity contribution in [2.45, 2.75) is 43.9 Å². The van der Waals surface area contributed by atoms with Crippen molar-refractivity contribution in [1.82, 2.24) is 10.3 Å². The molecule has 1 aliphatic rings. The summed E-state index contributed by atoms with van der Waals surface area (Å²) < 4.78 is 0. The van der Waals surface area contributed by atoms with Gasteiger partial charge < -0.3 is 16.4 Å². The molecule has 1 aromatic rings. The molecule has 1 saturated carbocycles. The first-order valence-corrected chi connectivity index (χ1v) is 9.10. The maximum absolute atomic E-state index is 12.3. The normalized spacial score (nSPS) is 21.9. The van der Waals surface area contributed by atoms with E-state index in [1.807, 2.05) is 11.8 Å². The Kier molecular flexibility index (Phi) is 5.54. The molecule has 4 N–H and O–H groups in total. The number of aromatic nitrogens is 1. The lowest BCUT2D eigenvalue weighted by molar-refractivity contribution is 0.0943. The summed E-state index contributed by atoms with van der Waals surface area (Å²) in [6, 6.07) is 0.256. The molecule has 20 heavy (non-hydrogen) atoms. The van der Waals surface area contributed by atoms with Crippen LogP contribution in [0.25, 0.3) is 0 Å². The predicted octanol–water partition coefficient (Wildman–Crippen LogP) is 2.56. The van der Waals surface area contributed by atoms with Gasteiger partial charge in [0.25, 0.3) is 5.91 Å². The van der Waals surface area contributed by atoms with Gasteiger partial charge in [-0.3, -0.25) is 4.79 Å². The van der Waals surface area contributed by atoms with Crippen LogP contribution in [0.3, 0.4) is 0 Å². The summed E-state index contributed by atoms with van der Waals surface area (Å²) in [4.78, 5) is 17.0. The highest BCUT2D eigenvalue weighted by molar-refractivity contribution is 7.99. The van der Waals surface area contributed by atoms with Crippen LogP contribution in [-0.2, 0) is 0 Å². The number of anilines is 2. The quantitative estimate of drug-likeness (QED) is 0.752. The third-order valence-corrected chi connectivity index (χ3v) is 5.65. The van der Waals surface area contributed by atoms with E-state index in [1.165, 1.54) is 24.2 Å². The molecule has 1 amide bonds. The van der Waals surface area contributed by atoms with Crippen LogP contribution >= 0.6 is 23.1 Å². The zero-order chi connectivity index (χ0) is 14.5. The number of thioether (sulfide) groups is 1. The molecule has 5 nitrogen and oxygen atoms in total. The van der Waals surface area contributed by atoms with E-state index in [0.717, 1.165) is 24.5 Å². The number of thiazole rings is 1. The standard InChI is InChI=1S/C13H22N4OS2/c1-3-7-15-13-17-11(14)10(20-13)12(18)16-8-5-4-6-9(8)19-2/h8-9H,3-7,14H2,1-2H3,(H,15,17)(H,16,18). The molecular formula is C13H22N4OS2. The van der Waals surface area contributed by atoms with Crippen molar-refractivity contribution in [2.24, 2.45) is 0 Å². The fourth-order valence-corrected chi connectivity index (χ4v) is 4.16. The number of nitrogens with two attached hydrogens (primary N) is 1. The number of nitrogen functional groups attached to an aromatic ring is 1. The Bertz CT molecular complexity index is 463. The van der Waals surface area contributed by atoms with Crippen molar-refractivity contribution in [1.29, 1.82) is 0 Å². The number of nitrogens with zero attached hydrogens (tertiary/aromatic N) is 1. The van der Waals surface area contributed by atoms with Gasteiger partial charge in [-0.1, -0.05) is 24.7 Å². The molecule has 0 radical (unpaired) electrons. The van der Waals surface area contributed by atoms with Gasteiger partial charge in [0.2, 0.25) is 0 Å². The maximum Gasteiger partial charge on any atom is 0.265 e. The fraction of sp³-hybridized carbons (Fsp3) is 0.692. The summed E-state index contributed by atoms with van der Waals surface area (Å²) in [5, 5.41) is 7.52. The van der Waals surface area contributed by atoms with E-state index in [4.69, 9.17) is 5.73 Å². The molecule has 0 aromatic carbocycles. The molecule has 0 bridgehead atoms. The van der Waals surface area contributed by atoms with Crippen LogP contribution in [-0.4, -0.2) is 35.0 Å². The van der Waals surface area contributed by atoms with Crippen LogP contribution in [0.2, 0.25) is 0 Å². The molecule has 2 rings (SSSR count). The Morgan fingerprint density at radius 3 is 3.05 bits per heavy atom. The Labute approximate surface area is 128 Å². The first-order chi connectivity index (χ1) is 9.65. The molecule has 7 heteroatoms. The van der Waals surface area contributed by atoms with Crippen LogP contribution < -0.4 is 16.4 Å². The van der Waals surface area contributed by atoms with E-state index in [-0.39, 0.29) is 11.9 Å². The molecule has 1 heterocycles. The van der Waals surface area contributed by atoms with Crippen molar-refractivity contribution in [3.05, 3.63) is 4.88 Å². The molecule has 2 unspecified atom stereocenters. The topological polar surface area (TPSA) is 80.0 Å². The van der Waals surface area contributed by atoms with Crippen LogP contribution in [0, 0.1) is 0 Å². The summed E-state index contributed by atoms with van der Waals surface area (Å²) in [5.74, 6) is 0.236. The second kappa shape index (κ2) is 7.17. The Morgan fingerprint density at radius 2 is 2.35 bits per heavy atom. The fourth-order valence-electron chi connectivity index (χ4n) is 2.41. The van der Waals surface area contributed by atoms with Crippen molar-refractivity contribution < 1.29 is 4.79 Å². The van der Waals surface area contributed by atoms with E-state index in [9.17, 15) is 4.79 Å². The van der Waals surface area contributed by atoms with Crippen molar-refractivity contribution in [3.8, 4) is 0 Å². The summed E-state index contributed by atoms with van der Waals surface area (Å²) >= 11 is 3.16. The summed E-state index contributed by atoms with van der Waals surface area (Å²) in [6.45, 7) is 2.92. The third-order valence-electron chi connectivity index (χ3n) is 3.46. The van der Waals surface area contributed by atoms with Gasteiger partial charge in [-0.15, -0.1) is 0 Å². The second-order valence-corrected chi connectivity index (χ2v) is 7.02. The van der Waals surface area contributed by atoms with E-state index in [2.05, 4.69) is 28.8 Å². The van der Waals surface area contributed by atoms with Crippen LogP contribution in [0.4, 0.5) is 10.9 Å². The lowest BCUT2D eigenvalue weighted by Crippen LogP contribution is -2.38. The molecule has 1 fully saturated rings. The van der Waals surface area contributed by atoms with E-state index in [0.29, 0.717) is 15.9 Å². The van der Waals surface area contributed by atoms with Gasteiger partial charge in [0, 0.05) is 17.8 Å². The van der Waals surface area contributed by atoms with Crippen LogP contribution in [0.5, 0.6) is 0 Å². The highest BCUT2D eigenvalue weighted by atomic mass is 32.2. The number of carbonyl (C=O) groups is 1. The van der Waals surface area contributed by atoms with Gasteiger partial charge in [-0.05, 0) is 25.5 Å². The van der Waals surface area contributed by atoms with Gasteiger partial charge in [0.05, 0.1) is 0 Å². The molecule has 1 aliphatic carbocycles. The minimum Gasteiger partial charge on any atom is -0.382 e. The number of amides is 1. The van der Waals surface area contributed by atoms with E-state index >= 15 is 0 Å². The monoisotopic (exact) mass is 314 g/mol.